The van der Waals surface area contributed by atoms with Crippen molar-refractivity contribution >= 4 is 36.6 Å². The number of nitrogens with one attached hydrogen (secondary N) is 2. The Morgan fingerprint density at radius 1 is 1.35 bits per heavy atom. The maximum absolute atomic E-state index is 11.6. The molecule has 0 aromatic rings. The van der Waals surface area contributed by atoms with E-state index in [2.05, 4.69) is 23.3 Å². The van der Waals surface area contributed by atoms with Crippen molar-refractivity contribution in [3.05, 3.63) is 0 Å². The number of carbonyl (C=O) groups is 3. The van der Waals surface area contributed by atoms with Crippen molar-refractivity contribution in [2.24, 2.45) is 5.73 Å². The minimum absolute atomic E-state index is 0.0631. The first-order valence-corrected chi connectivity index (χ1v) is 5.38. The third-order valence-electron chi connectivity index (χ3n) is 1.74. The summed E-state index contributed by atoms with van der Waals surface area (Å²) >= 11 is 3.89. The van der Waals surface area contributed by atoms with Gasteiger partial charge in [0.2, 0.25) is 24.0 Å². The van der Waals surface area contributed by atoms with Crippen LogP contribution in [0.15, 0.2) is 0 Å². The molecular weight excluding hydrogens is 246 g/mol. The third-order valence-corrected chi connectivity index (χ3v) is 2.11. The fourth-order valence-corrected chi connectivity index (χ4v) is 1.29. The molecule has 0 fully saturated rings. The molecule has 2 atom stereocenters. The minimum Gasteiger partial charge on any atom is -0.370 e. The Morgan fingerprint density at radius 3 is 2.29 bits per heavy atom. The van der Waals surface area contributed by atoms with Gasteiger partial charge in [0.25, 0.3) is 0 Å². The van der Waals surface area contributed by atoms with Crippen molar-refractivity contribution in [2.45, 2.75) is 25.4 Å². The van der Waals surface area contributed by atoms with Crippen molar-refractivity contribution < 1.29 is 19.2 Å². The molecule has 95 valence electrons. The summed E-state index contributed by atoms with van der Waals surface area (Å²) in [6, 6.07) is -1.99. The van der Waals surface area contributed by atoms with Crippen molar-refractivity contribution in [1.29, 1.82) is 0 Å². The number of hydrogen-bond donors (Lipinski definition) is 4. The Kier molecular flexibility index (Phi) is 6.95. The van der Waals surface area contributed by atoms with E-state index in [1.807, 2.05) is 0 Å². The fraction of sp³-hybridized carbons (Fsp3) is 0.556. The highest BCUT2D eigenvalue weighted by Gasteiger charge is 2.22. The van der Waals surface area contributed by atoms with E-state index in [0.29, 0.717) is 0 Å². The lowest BCUT2D eigenvalue weighted by molar-refractivity contribution is -0.128. The van der Waals surface area contributed by atoms with Crippen LogP contribution in [-0.4, -0.2) is 41.8 Å². The van der Waals surface area contributed by atoms with Gasteiger partial charge < -0.3 is 16.4 Å². The second-order valence-electron chi connectivity index (χ2n) is 3.29. The van der Waals surface area contributed by atoms with Crippen LogP contribution < -0.4 is 16.4 Å². The number of primary amides is 1. The SMILES string of the molecule is CC(=O)N[C@@H](CS)C(=O)N[C@H]([C]=O)CC(N)=O. The third kappa shape index (κ3) is 6.56. The summed E-state index contributed by atoms with van der Waals surface area (Å²) in [5, 5.41) is 4.57. The normalized spacial score (nSPS) is 13.3. The van der Waals surface area contributed by atoms with Gasteiger partial charge in [0.05, 0.1) is 6.42 Å². The van der Waals surface area contributed by atoms with Crippen LogP contribution in [0.3, 0.4) is 0 Å². The van der Waals surface area contributed by atoms with E-state index in [1.54, 1.807) is 0 Å². The molecule has 0 saturated carbocycles. The van der Waals surface area contributed by atoms with Crippen LogP contribution in [0.2, 0.25) is 0 Å². The zero-order chi connectivity index (χ0) is 13.4. The molecule has 0 aliphatic carbocycles. The first-order valence-electron chi connectivity index (χ1n) is 4.75. The molecule has 3 amide bonds. The van der Waals surface area contributed by atoms with Crippen molar-refractivity contribution in [3.8, 4) is 0 Å². The van der Waals surface area contributed by atoms with Crippen LogP contribution in [0.5, 0.6) is 0 Å². The summed E-state index contributed by atoms with van der Waals surface area (Å²) in [6.07, 6.45) is 1.14. The molecule has 17 heavy (non-hydrogen) atoms. The van der Waals surface area contributed by atoms with E-state index in [1.165, 1.54) is 13.2 Å². The largest absolute Gasteiger partial charge is 0.370 e. The van der Waals surface area contributed by atoms with Crippen molar-refractivity contribution in [2.75, 3.05) is 5.75 Å². The Morgan fingerprint density at radius 2 is 1.94 bits per heavy atom. The van der Waals surface area contributed by atoms with Gasteiger partial charge in [-0.3, -0.25) is 19.2 Å². The van der Waals surface area contributed by atoms with Gasteiger partial charge >= 0.3 is 0 Å². The van der Waals surface area contributed by atoms with Crippen molar-refractivity contribution in [1.82, 2.24) is 10.6 Å². The van der Waals surface area contributed by atoms with Gasteiger partial charge in [0.15, 0.2) is 0 Å². The highest BCUT2D eigenvalue weighted by molar-refractivity contribution is 7.80. The van der Waals surface area contributed by atoms with Gasteiger partial charge in [-0.05, 0) is 0 Å². The molecule has 0 rings (SSSR count). The average Bonchev–Trinajstić information content (AvgIpc) is 2.23. The second-order valence-corrected chi connectivity index (χ2v) is 3.65. The molecule has 0 bridgehead atoms. The molecular formula is C9H14N3O4S. The molecule has 0 aromatic carbocycles. The monoisotopic (exact) mass is 260 g/mol. The lowest BCUT2D eigenvalue weighted by Crippen LogP contribution is -2.51. The summed E-state index contributed by atoms with van der Waals surface area (Å²) in [5.74, 6) is -1.70. The van der Waals surface area contributed by atoms with E-state index in [9.17, 15) is 19.2 Å². The van der Waals surface area contributed by atoms with Crippen LogP contribution in [0.25, 0.3) is 0 Å². The zero-order valence-corrected chi connectivity index (χ0v) is 10.1. The molecule has 4 N–H and O–H groups in total. The number of hydrogen-bond acceptors (Lipinski definition) is 5. The van der Waals surface area contributed by atoms with Gasteiger partial charge in [0.1, 0.15) is 12.1 Å². The maximum Gasteiger partial charge on any atom is 0.244 e. The Labute approximate surface area is 104 Å². The first kappa shape index (κ1) is 15.4. The molecule has 0 spiro atoms. The van der Waals surface area contributed by atoms with E-state index in [0.717, 1.165) is 0 Å². The predicted molar refractivity (Wildman–Crippen MR) is 62.9 cm³/mol. The maximum atomic E-state index is 11.6. The number of thiol groups is 1. The number of carbonyl (C=O) groups excluding carboxylic acids is 4. The summed E-state index contributed by atoms with van der Waals surface area (Å²) in [6.45, 7) is 1.25. The summed E-state index contributed by atoms with van der Waals surface area (Å²) in [4.78, 5) is 43.4. The van der Waals surface area contributed by atoms with Gasteiger partial charge in [-0.25, -0.2) is 0 Å². The zero-order valence-electron chi connectivity index (χ0n) is 9.23. The molecule has 7 nitrogen and oxygen atoms in total. The summed E-state index contributed by atoms with van der Waals surface area (Å²) in [5.41, 5.74) is 4.88. The average molecular weight is 260 g/mol. The smallest absolute Gasteiger partial charge is 0.244 e. The quantitative estimate of drug-likeness (QED) is 0.392. The number of amides is 3. The summed E-state index contributed by atoms with van der Waals surface area (Å²) in [7, 11) is 0. The van der Waals surface area contributed by atoms with E-state index in [4.69, 9.17) is 5.73 Å². The Bertz CT molecular complexity index is 321. The molecule has 0 saturated heterocycles. The predicted octanol–water partition coefficient (Wildman–Crippen LogP) is -2.11. The lowest BCUT2D eigenvalue weighted by Gasteiger charge is -2.17. The number of nitrogens with two attached hydrogens (primary N) is 1. The Balaban J connectivity index is 4.41. The molecule has 0 aliphatic heterocycles. The summed E-state index contributed by atoms with van der Waals surface area (Å²) < 4.78 is 0. The Hall–Kier alpha value is -1.57. The van der Waals surface area contributed by atoms with E-state index < -0.39 is 29.8 Å². The van der Waals surface area contributed by atoms with E-state index >= 15 is 0 Å². The molecule has 0 aromatic heterocycles. The topological polar surface area (TPSA) is 118 Å². The highest BCUT2D eigenvalue weighted by atomic mass is 32.1. The van der Waals surface area contributed by atoms with Crippen LogP contribution in [0.1, 0.15) is 13.3 Å². The molecule has 0 heterocycles. The molecule has 8 heteroatoms. The van der Waals surface area contributed by atoms with Crippen molar-refractivity contribution in [3.63, 3.8) is 0 Å². The van der Waals surface area contributed by atoms with Gasteiger partial charge in [-0.15, -0.1) is 0 Å². The van der Waals surface area contributed by atoms with Crippen LogP contribution >= 0.6 is 12.6 Å². The first-order chi connectivity index (χ1) is 7.90. The van der Waals surface area contributed by atoms with Crippen LogP contribution in [-0.2, 0) is 19.2 Å². The lowest BCUT2D eigenvalue weighted by atomic mass is 10.2. The fourth-order valence-electron chi connectivity index (χ4n) is 1.04. The van der Waals surface area contributed by atoms with Crippen LogP contribution in [0, 0.1) is 0 Å². The van der Waals surface area contributed by atoms with Gasteiger partial charge in [-0.1, -0.05) is 0 Å². The number of rotatable bonds is 7. The minimum atomic E-state index is -1.11. The van der Waals surface area contributed by atoms with E-state index in [-0.39, 0.29) is 12.2 Å². The molecule has 0 aliphatic rings. The van der Waals surface area contributed by atoms with Gasteiger partial charge in [-0.2, -0.15) is 12.6 Å². The van der Waals surface area contributed by atoms with Crippen LogP contribution in [0.4, 0.5) is 0 Å². The molecule has 1 radical (unpaired) electrons. The second kappa shape index (κ2) is 7.66. The molecule has 0 unspecified atom stereocenters. The standard InChI is InChI=1S/C9H14N3O4S/c1-5(14)11-7(4-17)9(16)12-6(3-13)2-8(10)15/h6-7,17H,2,4H2,1H3,(H2,10,15)(H,11,14)(H,12,16)/t6-,7-/m0/s1. The highest BCUT2D eigenvalue weighted by Crippen LogP contribution is 1.93. The van der Waals surface area contributed by atoms with Gasteiger partial charge in [0, 0.05) is 12.7 Å².